The summed E-state index contributed by atoms with van der Waals surface area (Å²) in [6.45, 7) is 4.53. The minimum atomic E-state index is 0.347. The van der Waals surface area contributed by atoms with Crippen LogP contribution in [0.1, 0.15) is 5.82 Å². The summed E-state index contributed by atoms with van der Waals surface area (Å²) in [7, 11) is 0. The van der Waals surface area contributed by atoms with Gasteiger partial charge < -0.3 is 9.30 Å². The van der Waals surface area contributed by atoms with Crippen molar-refractivity contribution in [3.8, 4) is 6.07 Å². The fraction of sp³-hybridized carbons (Fsp3) is 0.429. The SMILES string of the molecule is N#CCn1c(CN2CCOCC2)nc2ccccc21. The summed E-state index contributed by atoms with van der Waals surface area (Å²) in [5.74, 6) is 0.963. The molecule has 1 aromatic heterocycles. The predicted molar refractivity (Wildman–Crippen MR) is 71.4 cm³/mol. The van der Waals surface area contributed by atoms with E-state index in [9.17, 15) is 0 Å². The molecule has 19 heavy (non-hydrogen) atoms. The van der Waals surface area contributed by atoms with E-state index in [1.54, 1.807) is 0 Å². The smallest absolute Gasteiger partial charge is 0.125 e. The normalized spacial score (nSPS) is 16.6. The summed E-state index contributed by atoms with van der Waals surface area (Å²) >= 11 is 0. The van der Waals surface area contributed by atoms with Crippen molar-refractivity contribution in [3.05, 3.63) is 30.1 Å². The van der Waals surface area contributed by atoms with Crippen LogP contribution in [-0.2, 0) is 17.8 Å². The molecule has 1 aromatic carbocycles. The predicted octanol–water partition coefficient (Wildman–Crippen LogP) is 1.39. The molecule has 0 aliphatic carbocycles. The maximum absolute atomic E-state index is 9.00. The molecule has 0 spiro atoms. The van der Waals surface area contributed by atoms with Crippen molar-refractivity contribution < 1.29 is 4.74 Å². The van der Waals surface area contributed by atoms with Gasteiger partial charge in [-0.1, -0.05) is 12.1 Å². The summed E-state index contributed by atoms with van der Waals surface area (Å²) in [5.41, 5.74) is 1.99. The van der Waals surface area contributed by atoms with E-state index in [4.69, 9.17) is 10.00 Å². The highest BCUT2D eigenvalue weighted by molar-refractivity contribution is 5.75. The van der Waals surface area contributed by atoms with Gasteiger partial charge in [-0.25, -0.2) is 4.98 Å². The second-order valence-corrected chi connectivity index (χ2v) is 4.65. The van der Waals surface area contributed by atoms with Crippen LogP contribution in [0.4, 0.5) is 0 Å². The van der Waals surface area contributed by atoms with Crippen molar-refractivity contribution in [2.45, 2.75) is 13.1 Å². The van der Waals surface area contributed by atoms with Gasteiger partial charge >= 0.3 is 0 Å². The van der Waals surface area contributed by atoms with E-state index in [1.165, 1.54) is 0 Å². The number of aromatic nitrogens is 2. The molecule has 0 amide bonds. The third-order valence-electron chi connectivity index (χ3n) is 3.43. The number of fused-ring (bicyclic) bond motifs is 1. The molecule has 1 fully saturated rings. The van der Waals surface area contributed by atoms with Gasteiger partial charge in [0.05, 0.1) is 36.9 Å². The monoisotopic (exact) mass is 256 g/mol. The van der Waals surface area contributed by atoms with Gasteiger partial charge in [-0.05, 0) is 12.1 Å². The van der Waals surface area contributed by atoms with E-state index in [0.717, 1.165) is 49.7 Å². The number of morpholine rings is 1. The van der Waals surface area contributed by atoms with Crippen LogP contribution >= 0.6 is 0 Å². The Kier molecular flexibility index (Phi) is 3.45. The van der Waals surface area contributed by atoms with Crippen LogP contribution in [0.3, 0.4) is 0 Å². The Bertz CT molecular complexity index is 607. The second-order valence-electron chi connectivity index (χ2n) is 4.65. The van der Waals surface area contributed by atoms with Crippen LogP contribution in [0.25, 0.3) is 11.0 Å². The molecule has 1 saturated heterocycles. The topological polar surface area (TPSA) is 54.1 Å². The lowest BCUT2D eigenvalue weighted by Crippen LogP contribution is -2.36. The molecule has 2 aromatic rings. The lowest BCUT2D eigenvalue weighted by atomic mass is 10.3. The van der Waals surface area contributed by atoms with Crippen LogP contribution in [0.15, 0.2) is 24.3 Å². The van der Waals surface area contributed by atoms with Gasteiger partial charge in [-0.15, -0.1) is 0 Å². The van der Waals surface area contributed by atoms with Gasteiger partial charge in [-0.2, -0.15) is 5.26 Å². The van der Waals surface area contributed by atoms with Crippen molar-refractivity contribution >= 4 is 11.0 Å². The Morgan fingerprint density at radius 2 is 2.05 bits per heavy atom. The first-order chi connectivity index (χ1) is 9.38. The molecule has 0 radical (unpaired) electrons. The highest BCUT2D eigenvalue weighted by atomic mass is 16.5. The van der Waals surface area contributed by atoms with Crippen molar-refractivity contribution in [2.24, 2.45) is 0 Å². The first kappa shape index (κ1) is 12.2. The van der Waals surface area contributed by atoms with Gasteiger partial charge in [-0.3, -0.25) is 4.90 Å². The third kappa shape index (κ3) is 2.46. The van der Waals surface area contributed by atoms with Crippen molar-refractivity contribution in [2.75, 3.05) is 26.3 Å². The number of nitrogens with zero attached hydrogens (tertiary/aromatic N) is 4. The first-order valence-electron chi connectivity index (χ1n) is 6.49. The summed E-state index contributed by atoms with van der Waals surface area (Å²) in [6, 6.07) is 10.2. The minimum Gasteiger partial charge on any atom is -0.379 e. The first-order valence-corrected chi connectivity index (χ1v) is 6.49. The lowest BCUT2D eigenvalue weighted by molar-refractivity contribution is 0.0327. The van der Waals surface area contributed by atoms with E-state index in [2.05, 4.69) is 16.0 Å². The van der Waals surface area contributed by atoms with Crippen LogP contribution in [0, 0.1) is 11.3 Å². The summed E-state index contributed by atoms with van der Waals surface area (Å²) in [4.78, 5) is 6.97. The van der Waals surface area contributed by atoms with Crippen LogP contribution in [-0.4, -0.2) is 40.8 Å². The van der Waals surface area contributed by atoms with E-state index < -0.39 is 0 Å². The fourth-order valence-electron chi connectivity index (χ4n) is 2.45. The van der Waals surface area contributed by atoms with Crippen LogP contribution < -0.4 is 0 Å². The third-order valence-corrected chi connectivity index (χ3v) is 3.43. The molecule has 0 saturated carbocycles. The standard InChI is InChI=1S/C14H16N4O/c15-5-6-18-13-4-2-1-3-12(13)16-14(18)11-17-7-9-19-10-8-17/h1-4H,6-11H2. The molecule has 5 nitrogen and oxygen atoms in total. The molecule has 1 aliphatic rings. The van der Waals surface area contributed by atoms with Crippen molar-refractivity contribution in [3.63, 3.8) is 0 Å². The van der Waals surface area contributed by atoms with E-state index >= 15 is 0 Å². The Morgan fingerprint density at radius 1 is 1.26 bits per heavy atom. The van der Waals surface area contributed by atoms with Gasteiger partial charge in [0.1, 0.15) is 12.4 Å². The van der Waals surface area contributed by atoms with Crippen LogP contribution in [0.5, 0.6) is 0 Å². The number of nitriles is 1. The molecule has 0 unspecified atom stereocenters. The second kappa shape index (κ2) is 5.39. The summed E-state index contributed by atoms with van der Waals surface area (Å²) in [5, 5.41) is 9.00. The highest BCUT2D eigenvalue weighted by Crippen LogP contribution is 2.17. The molecule has 3 rings (SSSR count). The van der Waals surface area contributed by atoms with E-state index in [0.29, 0.717) is 6.54 Å². The number of rotatable bonds is 3. The number of para-hydroxylation sites is 2. The quantitative estimate of drug-likeness (QED) is 0.832. The highest BCUT2D eigenvalue weighted by Gasteiger charge is 2.16. The summed E-state index contributed by atoms with van der Waals surface area (Å²) in [6.07, 6.45) is 0. The number of benzene rings is 1. The number of hydrogen-bond acceptors (Lipinski definition) is 4. The van der Waals surface area contributed by atoms with Crippen molar-refractivity contribution in [1.29, 1.82) is 5.26 Å². The Hall–Kier alpha value is -1.90. The lowest BCUT2D eigenvalue weighted by Gasteiger charge is -2.26. The molecule has 0 atom stereocenters. The molecule has 2 heterocycles. The number of hydrogen-bond donors (Lipinski definition) is 0. The molecule has 5 heteroatoms. The molecule has 98 valence electrons. The molecule has 1 aliphatic heterocycles. The molecule has 0 bridgehead atoms. The Labute approximate surface area is 112 Å². The zero-order chi connectivity index (χ0) is 13.1. The minimum absolute atomic E-state index is 0.347. The molecule has 0 N–H and O–H groups in total. The van der Waals surface area contributed by atoms with Gasteiger partial charge in [0.15, 0.2) is 0 Å². The average molecular weight is 256 g/mol. The Morgan fingerprint density at radius 3 is 2.84 bits per heavy atom. The fourth-order valence-corrected chi connectivity index (χ4v) is 2.45. The zero-order valence-corrected chi connectivity index (χ0v) is 10.7. The molecular weight excluding hydrogens is 240 g/mol. The van der Waals surface area contributed by atoms with Gasteiger partial charge in [0.25, 0.3) is 0 Å². The number of imidazole rings is 1. The average Bonchev–Trinajstić information content (AvgIpc) is 2.79. The van der Waals surface area contributed by atoms with Gasteiger partial charge in [0, 0.05) is 13.1 Å². The van der Waals surface area contributed by atoms with Crippen molar-refractivity contribution in [1.82, 2.24) is 14.5 Å². The van der Waals surface area contributed by atoms with Gasteiger partial charge in [0.2, 0.25) is 0 Å². The maximum Gasteiger partial charge on any atom is 0.125 e. The number of ether oxygens (including phenoxy) is 1. The van der Waals surface area contributed by atoms with E-state index in [1.807, 2.05) is 28.8 Å². The maximum atomic E-state index is 9.00. The zero-order valence-electron chi connectivity index (χ0n) is 10.7. The van der Waals surface area contributed by atoms with E-state index in [-0.39, 0.29) is 0 Å². The summed E-state index contributed by atoms with van der Waals surface area (Å²) < 4.78 is 7.36. The largest absolute Gasteiger partial charge is 0.379 e. The van der Waals surface area contributed by atoms with Crippen LogP contribution in [0.2, 0.25) is 0 Å². The molecular formula is C14H16N4O. The Balaban J connectivity index is 1.92.